The van der Waals surface area contributed by atoms with Crippen LogP contribution in [-0.2, 0) is 16.5 Å². The van der Waals surface area contributed by atoms with E-state index in [-0.39, 0.29) is 35.3 Å². The largest absolute Gasteiger partial charge is 1.00 e. The molecule has 0 atom stereocenters. The molecule has 0 saturated heterocycles. The topological polar surface area (TPSA) is 86.7 Å². The van der Waals surface area contributed by atoms with E-state index in [2.05, 4.69) is 6.92 Å². The molecule has 5 nitrogen and oxygen atoms in total. The van der Waals surface area contributed by atoms with E-state index in [9.17, 15) is 18.1 Å². The summed E-state index contributed by atoms with van der Waals surface area (Å²) >= 11 is 0. The van der Waals surface area contributed by atoms with E-state index in [1.54, 1.807) is 30.3 Å². The molecule has 0 aliphatic carbocycles. The maximum Gasteiger partial charge on any atom is 1.00 e. The Morgan fingerprint density at radius 1 is 0.788 bits per heavy atom. The van der Waals surface area contributed by atoms with Crippen LogP contribution in [0, 0.1) is 0 Å². The third-order valence-electron chi connectivity index (χ3n) is 5.70. The number of unbranched alkanes of at least 4 members (excludes halogenated alkanes) is 11. The predicted molar refractivity (Wildman–Crippen MR) is 127 cm³/mol. The van der Waals surface area contributed by atoms with Gasteiger partial charge in [-0.15, -0.1) is 0 Å². The summed E-state index contributed by atoms with van der Waals surface area (Å²) in [5.74, 6) is -0.473. The van der Waals surface area contributed by atoms with Crippen LogP contribution in [0.3, 0.4) is 0 Å². The number of para-hydroxylation sites is 1. The molecular formula is C26H37NaO5S. The van der Waals surface area contributed by atoms with Gasteiger partial charge in [0, 0.05) is 0 Å². The van der Waals surface area contributed by atoms with Gasteiger partial charge in [-0.2, -0.15) is 8.42 Å². The maximum absolute atomic E-state index is 12.9. The molecule has 0 spiro atoms. The van der Waals surface area contributed by atoms with Gasteiger partial charge in [-0.05, 0) is 31.0 Å². The molecule has 0 radical (unpaired) electrons. The molecule has 2 aromatic rings. The Morgan fingerprint density at radius 3 is 1.82 bits per heavy atom. The number of hydrogen-bond donors (Lipinski definition) is 1. The van der Waals surface area contributed by atoms with Crippen molar-refractivity contribution in [3.05, 3.63) is 48.0 Å². The summed E-state index contributed by atoms with van der Waals surface area (Å²) < 4.78 is 38.5. The maximum atomic E-state index is 12.9. The molecular weight excluding hydrogens is 447 g/mol. The molecule has 178 valence electrons. The molecule has 0 aliphatic heterocycles. The van der Waals surface area contributed by atoms with Crippen molar-refractivity contribution < 1.29 is 52.4 Å². The Morgan fingerprint density at radius 2 is 1.30 bits per heavy atom. The molecule has 0 saturated carbocycles. The fraction of sp³-hybridized carbons (Fsp3) is 0.538. The zero-order chi connectivity index (χ0) is 23.2. The Balaban J connectivity index is 0.00000544. The van der Waals surface area contributed by atoms with Crippen LogP contribution in [0.25, 0.3) is 0 Å². The van der Waals surface area contributed by atoms with Gasteiger partial charge in [0.05, 0.1) is 0 Å². The average Bonchev–Trinajstić information content (AvgIpc) is 2.76. The monoisotopic (exact) mass is 484 g/mol. The first-order valence-corrected chi connectivity index (χ1v) is 13.4. The number of rotatable bonds is 16. The number of hydrogen-bond acceptors (Lipinski definition) is 4. The van der Waals surface area contributed by atoms with Crippen LogP contribution in [-0.4, -0.2) is 13.0 Å². The van der Waals surface area contributed by atoms with Crippen LogP contribution in [0.15, 0.2) is 47.4 Å². The molecule has 0 amide bonds. The predicted octanol–water partition coefficient (Wildman–Crippen LogP) is 4.05. The molecule has 2 aromatic carbocycles. The minimum atomic E-state index is -4.56. The minimum Gasteiger partial charge on any atom is -0.870 e. The Hall–Kier alpha value is -1.05. The first-order valence-electron chi connectivity index (χ1n) is 12.0. The van der Waals surface area contributed by atoms with Gasteiger partial charge >= 0.3 is 29.6 Å². The first-order chi connectivity index (χ1) is 15.4. The number of ether oxygens (including phenoxy) is 1. The fourth-order valence-corrected chi connectivity index (χ4v) is 4.45. The summed E-state index contributed by atoms with van der Waals surface area (Å²) in [7, 11) is -4.56. The van der Waals surface area contributed by atoms with Crippen LogP contribution in [0.1, 0.15) is 89.5 Å². The number of aryl methyl sites for hydroxylation is 1. The quantitative estimate of drug-likeness (QED) is 0.221. The third kappa shape index (κ3) is 11.3. The van der Waals surface area contributed by atoms with Crippen molar-refractivity contribution in [3.8, 4) is 17.2 Å². The smallest absolute Gasteiger partial charge is 0.870 e. The number of benzene rings is 2. The second-order valence-electron chi connectivity index (χ2n) is 8.41. The second kappa shape index (κ2) is 16.6. The van der Waals surface area contributed by atoms with E-state index in [1.165, 1.54) is 69.9 Å². The summed E-state index contributed by atoms with van der Waals surface area (Å²) in [6.07, 6.45) is 15.4. The molecule has 0 unspecified atom stereocenters. The van der Waals surface area contributed by atoms with E-state index in [0.29, 0.717) is 17.7 Å². The molecule has 33 heavy (non-hydrogen) atoms. The summed E-state index contributed by atoms with van der Waals surface area (Å²) in [6.45, 7) is 2.24. The molecule has 0 heterocycles. The van der Waals surface area contributed by atoms with Crippen LogP contribution in [0.5, 0.6) is 17.2 Å². The molecule has 0 aliphatic rings. The van der Waals surface area contributed by atoms with Gasteiger partial charge < -0.3 is 9.84 Å². The van der Waals surface area contributed by atoms with Gasteiger partial charge in [0.1, 0.15) is 16.4 Å². The van der Waals surface area contributed by atoms with E-state index < -0.39 is 20.8 Å². The van der Waals surface area contributed by atoms with E-state index in [1.807, 2.05) is 0 Å². The van der Waals surface area contributed by atoms with Crippen LogP contribution >= 0.6 is 0 Å². The fourth-order valence-electron chi connectivity index (χ4n) is 3.84. The van der Waals surface area contributed by atoms with Crippen LogP contribution < -0.4 is 39.4 Å². The summed E-state index contributed by atoms with van der Waals surface area (Å²) in [5.41, 5.74) is 0.510. The van der Waals surface area contributed by atoms with E-state index >= 15 is 0 Å². The first kappa shape index (κ1) is 30.0. The van der Waals surface area contributed by atoms with Crippen molar-refractivity contribution >= 4 is 10.1 Å². The summed E-state index contributed by atoms with van der Waals surface area (Å²) in [5, 5.41) is 12.9. The van der Waals surface area contributed by atoms with Crippen molar-refractivity contribution in [1.29, 1.82) is 0 Å². The molecule has 0 bridgehead atoms. The van der Waals surface area contributed by atoms with Crippen molar-refractivity contribution in [2.75, 3.05) is 0 Å². The van der Waals surface area contributed by atoms with Gasteiger partial charge in [-0.1, -0.05) is 113 Å². The molecule has 7 heteroatoms. The van der Waals surface area contributed by atoms with Crippen LogP contribution in [0.4, 0.5) is 0 Å². The molecule has 0 fully saturated rings. The van der Waals surface area contributed by atoms with E-state index in [4.69, 9.17) is 4.74 Å². The zero-order valence-corrected chi connectivity index (χ0v) is 23.0. The van der Waals surface area contributed by atoms with Gasteiger partial charge in [0.2, 0.25) is 0 Å². The van der Waals surface area contributed by atoms with E-state index in [0.717, 1.165) is 19.3 Å². The van der Waals surface area contributed by atoms with Gasteiger partial charge in [-0.3, -0.25) is 4.55 Å². The standard InChI is InChI=1S/C26H38O5S.Na/c1-2-3-4-5-6-7-8-9-10-11-12-14-17-22-20-21-24(32(28,29)30)26(25(22)27)31-23-18-15-13-16-19-23;/h13,15-16,18-21,27H,2-12,14,17H2,1H3,(H,28,29,30);/q;+1/p-1. The SMILES string of the molecule is CCCCCCCCCCCCCCc1ccc(S(=O)(=O)O)c(Oc2ccccc2)c1[O-].[Na+]. The van der Waals surface area contributed by atoms with Gasteiger partial charge in [0.25, 0.3) is 10.1 Å². The molecule has 2 rings (SSSR count). The van der Waals surface area contributed by atoms with Crippen molar-refractivity contribution in [2.24, 2.45) is 0 Å². The second-order valence-corrected chi connectivity index (χ2v) is 9.80. The van der Waals surface area contributed by atoms with Crippen molar-refractivity contribution in [2.45, 2.75) is 95.3 Å². The summed E-state index contributed by atoms with van der Waals surface area (Å²) in [6, 6.07) is 11.2. The average molecular weight is 485 g/mol. The van der Waals surface area contributed by atoms with Gasteiger partial charge in [-0.25, -0.2) is 0 Å². The third-order valence-corrected chi connectivity index (χ3v) is 6.58. The molecule has 1 N–H and O–H groups in total. The molecule has 0 aromatic heterocycles. The zero-order valence-electron chi connectivity index (χ0n) is 20.2. The minimum absolute atomic E-state index is 0. The Labute approximate surface area is 222 Å². The Kier molecular flexibility index (Phi) is 15.0. The van der Waals surface area contributed by atoms with Crippen molar-refractivity contribution in [1.82, 2.24) is 0 Å². The summed E-state index contributed by atoms with van der Waals surface area (Å²) in [4.78, 5) is -0.496. The van der Waals surface area contributed by atoms with Crippen molar-refractivity contribution in [3.63, 3.8) is 0 Å². The van der Waals surface area contributed by atoms with Gasteiger partial charge in [0.15, 0.2) is 0 Å². The Bertz CT molecular complexity index is 900. The van der Waals surface area contributed by atoms with Crippen LogP contribution in [0.2, 0.25) is 0 Å². The normalized spacial score (nSPS) is 11.2.